The number of carbonyl (C=O) groups excluding carboxylic acids is 3. The normalized spacial score (nSPS) is 13.9. The van der Waals surface area contributed by atoms with Crippen molar-refractivity contribution in [3.8, 4) is 0 Å². The number of rotatable bonds is 6. The van der Waals surface area contributed by atoms with Crippen LogP contribution in [-0.4, -0.2) is 30.1 Å². The Morgan fingerprint density at radius 1 is 1.21 bits per heavy atom. The van der Waals surface area contributed by atoms with Gasteiger partial charge in [0.25, 0.3) is 5.91 Å². The van der Waals surface area contributed by atoms with Crippen LogP contribution in [0.15, 0.2) is 41.5 Å². The average molecular weight is 399 g/mol. The topological polar surface area (TPSA) is 88.1 Å². The lowest BCUT2D eigenvalue weighted by Gasteiger charge is -2.23. The number of hydrogen-bond acceptors (Lipinski definition) is 6. The van der Waals surface area contributed by atoms with E-state index in [0.717, 1.165) is 11.3 Å². The number of benzene rings is 1. The first-order chi connectivity index (χ1) is 13.5. The van der Waals surface area contributed by atoms with Gasteiger partial charge < -0.3 is 10.1 Å². The summed E-state index contributed by atoms with van der Waals surface area (Å²) in [6.45, 7) is 3.96. The fourth-order valence-electron chi connectivity index (χ4n) is 2.73. The molecule has 2 amide bonds. The van der Waals surface area contributed by atoms with Crippen LogP contribution in [0.1, 0.15) is 41.9 Å². The van der Waals surface area contributed by atoms with Gasteiger partial charge in [0.05, 0.1) is 17.9 Å². The van der Waals surface area contributed by atoms with Crippen molar-refractivity contribution in [1.82, 2.24) is 0 Å². The summed E-state index contributed by atoms with van der Waals surface area (Å²) in [6.07, 6.45) is 1.18. The number of ether oxygens (including phenoxy) is 1. The highest BCUT2D eigenvalue weighted by Crippen LogP contribution is 2.30. The van der Waals surface area contributed by atoms with Crippen LogP contribution in [0.25, 0.3) is 0 Å². The highest BCUT2D eigenvalue weighted by Gasteiger charge is 2.27. The average Bonchev–Trinajstić information content (AvgIpc) is 3.12. The van der Waals surface area contributed by atoms with Gasteiger partial charge in [-0.2, -0.15) is 5.10 Å². The van der Waals surface area contributed by atoms with Gasteiger partial charge in [0.15, 0.2) is 0 Å². The minimum absolute atomic E-state index is 0.167. The molecule has 0 radical (unpaired) electrons. The highest BCUT2D eigenvalue weighted by molar-refractivity contribution is 7.16. The number of nitrogens with zero attached hydrogens (tertiary/aromatic N) is 2. The van der Waals surface area contributed by atoms with Crippen molar-refractivity contribution >= 4 is 45.5 Å². The maximum absolute atomic E-state index is 12.8. The van der Waals surface area contributed by atoms with Crippen LogP contribution in [0.3, 0.4) is 0 Å². The number of esters is 1. The fraction of sp³-hybridized carbons (Fsp3) is 0.300. The lowest BCUT2D eigenvalue weighted by molar-refractivity contribution is -0.118. The highest BCUT2D eigenvalue weighted by atomic mass is 32.1. The molecule has 0 atom stereocenters. The SMILES string of the molecule is CCOC(=O)c1cc(CC)sc1NC(=O)C1=NN(c2ccccc2)C(=O)CC1. The predicted molar refractivity (Wildman–Crippen MR) is 109 cm³/mol. The van der Waals surface area contributed by atoms with E-state index >= 15 is 0 Å². The molecule has 0 fully saturated rings. The molecular formula is C20H21N3O4S. The van der Waals surface area contributed by atoms with Gasteiger partial charge in [-0.3, -0.25) is 9.59 Å². The zero-order valence-electron chi connectivity index (χ0n) is 15.7. The number of thiophene rings is 1. The molecule has 0 unspecified atom stereocenters. The molecule has 0 saturated carbocycles. The van der Waals surface area contributed by atoms with E-state index in [1.807, 2.05) is 13.0 Å². The van der Waals surface area contributed by atoms with E-state index in [2.05, 4.69) is 10.4 Å². The molecule has 2 heterocycles. The molecule has 0 bridgehead atoms. The molecule has 3 rings (SSSR count). The first-order valence-electron chi connectivity index (χ1n) is 9.10. The maximum atomic E-state index is 12.8. The summed E-state index contributed by atoms with van der Waals surface area (Å²) >= 11 is 1.34. The fourth-order valence-corrected chi connectivity index (χ4v) is 3.71. The molecule has 1 aromatic heterocycles. The van der Waals surface area contributed by atoms with E-state index in [1.165, 1.54) is 16.3 Å². The Morgan fingerprint density at radius 3 is 2.64 bits per heavy atom. The number of nitrogens with one attached hydrogen (secondary N) is 1. The van der Waals surface area contributed by atoms with Gasteiger partial charge in [0.1, 0.15) is 10.7 Å². The Morgan fingerprint density at radius 2 is 1.96 bits per heavy atom. The number of aryl methyl sites for hydroxylation is 1. The smallest absolute Gasteiger partial charge is 0.341 e. The summed E-state index contributed by atoms with van der Waals surface area (Å²) in [5.74, 6) is -1.07. The second kappa shape index (κ2) is 8.79. The van der Waals surface area contributed by atoms with E-state index in [9.17, 15) is 14.4 Å². The van der Waals surface area contributed by atoms with Gasteiger partial charge in [-0.15, -0.1) is 11.3 Å². The van der Waals surface area contributed by atoms with Crippen LogP contribution < -0.4 is 10.3 Å². The molecule has 2 aromatic rings. The molecule has 0 saturated heterocycles. The third-order valence-corrected chi connectivity index (χ3v) is 5.34. The van der Waals surface area contributed by atoms with E-state index < -0.39 is 11.9 Å². The first-order valence-corrected chi connectivity index (χ1v) is 9.91. The number of anilines is 2. The second-order valence-corrected chi connectivity index (χ2v) is 7.21. The number of para-hydroxylation sites is 1. The van der Waals surface area contributed by atoms with Crippen LogP contribution >= 0.6 is 11.3 Å². The lowest BCUT2D eigenvalue weighted by atomic mass is 10.1. The standard InChI is InChI=1S/C20H21N3O4S/c1-3-14-12-15(20(26)27-4-2)19(28-14)21-18(25)16-10-11-17(24)23(22-16)13-8-6-5-7-9-13/h5-9,12H,3-4,10-11H2,1-2H3,(H,21,25). The molecule has 1 N–H and O–H groups in total. The summed E-state index contributed by atoms with van der Waals surface area (Å²) in [7, 11) is 0. The zero-order chi connectivity index (χ0) is 20.1. The minimum atomic E-state index is -0.472. The Bertz CT molecular complexity index is 921. The van der Waals surface area contributed by atoms with Crippen molar-refractivity contribution in [2.24, 2.45) is 5.10 Å². The van der Waals surface area contributed by atoms with Crippen LogP contribution in [0.4, 0.5) is 10.7 Å². The summed E-state index contributed by atoms with van der Waals surface area (Å²) in [5.41, 5.74) is 1.18. The van der Waals surface area contributed by atoms with Gasteiger partial charge in [0, 0.05) is 17.7 Å². The van der Waals surface area contributed by atoms with Crippen LogP contribution in [-0.2, 0) is 20.7 Å². The van der Waals surface area contributed by atoms with Crippen molar-refractivity contribution in [2.45, 2.75) is 33.1 Å². The van der Waals surface area contributed by atoms with E-state index in [0.29, 0.717) is 16.3 Å². The van der Waals surface area contributed by atoms with Crippen LogP contribution in [0, 0.1) is 0 Å². The Kier molecular flexibility index (Phi) is 6.20. The first kappa shape index (κ1) is 19.8. The van der Waals surface area contributed by atoms with Crippen molar-refractivity contribution in [3.63, 3.8) is 0 Å². The summed E-state index contributed by atoms with van der Waals surface area (Å²) < 4.78 is 5.08. The summed E-state index contributed by atoms with van der Waals surface area (Å²) in [5, 5.41) is 8.70. The molecule has 28 heavy (non-hydrogen) atoms. The second-order valence-electron chi connectivity index (χ2n) is 6.07. The zero-order valence-corrected chi connectivity index (χ0v) is 16.5. The third kappa shape index (κ3) is 4.28. The number of carbonyl (C=O) groups is 3. The Hall–Kier alpha value is -3.00. The molecule has 0 spiro atoms. The van der Waals surface area contributed by atoms with Gasteiger partial charge in [-0.25, -0.2) is 9.80 Å². The predicted octanol–water partition coefficient (Wildman–Crippen LogP) is 3.61. The summed E-state index contributed by atoms with van der Waals surface area (Å²) in [6, 6.07) is 10.7. The van der Waals surface area contributed by atoms with E-state index in [-0.39, 0.29) is 31.1 Å². The number of hydrogen-bond donors (Lipinski definition) is 1. The number of amides is 2. The summed E-state index contributed by atoms with van der Waals surface area (Å²) in [4.78, 5) is 38.1. The molecule has 0 aliphatic carbocycles. The van der Waals surface area contributed by atoms with Crippen LogP contribution in [0.2, 0.25) is 0 Å². The lowest BCUT2D eigenvalue weighted by Crippen LogP contribution is -2.36. The monoisotopic (exact) mass is 399 g/mol. The Balaban J connectivity index is 1.84. The molecule has 1 aliphatic rings. The minimum Gasteiger partial charge on any atom is -0.462 e. The van der Waals surface area contributed by atoms with Crippen molar-refractivity contribution in [2.75, 3.05) is 16.9 Å². The van der Waals surface area contributed by atoms with Gasteiger partial charge in [-0.1, -0.05) is 25.1 Å². The Labute approximate surface area is 167 Å². The molecule has 1 aromatic carbocycles. The quantitative estimate of drug-likeness (QED) is 0.752. The van der Waals surface area contributed by atoms with Gasteiger partial charge in [-0.05, 0) is 31.5 Å². The molecule has 1 aliphatic heterocycles. The molecule has 146 valence electrons. The van der Waals surface area contributed by atoms with E-state index in [4.69, 9.17) is 4.74 Å². The largest absolute Gasteiger partial charge is 0.462 e. The van der Waals surface area contributed by atoms with Crippen molar-refractivity contribution < 1.29 is 19.1 Å². The number of hydrazone groups is 1. The molecule has 7 nitrogen and oxygen atoms in total. The molecular weight excluding hydrogens is 378 g/mol. The van der Waals surface area contributed by atoms with Gasteiger partial charge >= 0.3 is 5.97 Å². The third-order valence-electron chi connectivity index (χ3n) is 4.15. The van der Waals surface area contributed by atoms with Crippen molar-refractivity contribution in [3.05, 3.63) is 46.8 Å². The molecule has 8 heteroatoms. The van der Waals surface area contributed by atoms with Gasteiger partial charge in [0.2, 0.25) is 5.91 Å². The maximum Gasteiger partial charge on any atom is 0.341 e. The van der Waals surface area contributed by atoms with E-state index in [1.54, 1.807) is 37.3 Å². The van der Waals surface area contributed by atoms with Crippen molar-refractivity contribution in [1.29, 1.82) is 0 Å². The van der Waals surface area contributed by atoms with Crippen LogP contribution in [0.5, 0.6) is 0 Å².